The van der Waals surface area contributed by atoms with Gasteiger partial charge >= 0.3 is 0 Å². The second-order valence-electron chi connectivity index (χ2n) is 8.11. The molecule has 2 aromatic carbocycles. The van der Waals surface area contributed by atoms with Crippen LogP contribution >= 0.6 is 0 Å². The van der Waals surface area contributed by atoms with E-state index in [1.807, 2.05) is 49.4 Å². The van der Waals surface area contributed by atoms with E-state index in [1.165, 1.54) is 0 Å². The second kappa shape index (κ2) is 8.71. The van der Waals surface area contributed by atoms with Crippen LogP contribution in [-0.4, -0.2) is 33.1 Å². The highest BCUT2D eigenvalue weighted by molar-refractivity contribution is 5.95. The van der Waals surface area contributed by atoms with Crippen LogP contribution in [0.25, 0.3) is 5.69 Å². The third-order valence-corrected chi connectivity index (χ3v) is 5.53. The fourth-order valence-corrected chi connectivity index (χ4v) is 3.86. The molecule has 31 heavy (non-hydrogen) atoms. The van der Waals surface area contributed by atoms with Gasteiger partial charge in [0.25, 0.3) is 5.91 Å². The van der Waals surface area contributed by atoms with Crippen LogP contribution in [0.4, 0.5) is 5.69 Å². The zero-order valence-electron chi connectivity index (χ0n) is 18.1. The van der Waals surface area contributed by atoms with Crippen LogP contribution < -0.4 is 10.2 Å². The van der Waals surface area contributed by atoms with Crippen LogP contribution in [0.3, 0.4) is 0 Å². The lowest BCUT2D eigenvalue weighted by atomic mass is 10.0. The minimum absolute atomic E-state index is 0.148. The molecule has 0 aliphatic carbocycles. The largest absolute Gasteiger partial charge is 0.345 e. The van der Waals surface area contributed by atoms with Crippen molar-refractivity contribution in [2.75, 3.05) is 11.4 Å². The van der Waals surface area contributed by atoms with Gasteiger partial charge in [0.15, 0.2) is 0 Å². The second-order valence-corrected chi connectivity index (χ2v) is 8.11. The SMILES string of the molecule is Cc1nc(C(=O)NCc2ccc(N3CCCC3=O)cc2)nn1-c1ccccc1C(C)C. The van der Waals surface area contributed by atoms with Crippen molar-refractivity contribution >= 4 is 17.5 Å². The van der Waals surface area contributed by atoms with Crippen molar-refractivity contribution in [2.45, 2.75) is 46.1 Å². The number of carbonyl (C=O) groups is 2. The summed E-state index contributed by atoms with van der Waals surface area (Å²) in [7, 11) is 0. The summed E-state index contributed by atoms with van der Waals surface area (Å²) in [6.07, 6.45) is 1.51. The van der Waals surface area contributed by atoms with Gasteiger partial charge in [-0.2, -0.15) is 0 Å². The number of nitrogens with zero attached hydrogens (tertiary/aromatic N) is 4. The number of aryl methyl sites for hydroxylation is 1. The van der Waals surface area contributed by atoms with Crippen molar-refractivity contribution < 1.29 is 9.59 Å². The Morgan fingerprint density at radius 2 is 1.87 bits per heavy atom. The fourth-order valence-electron chi connectivity index (χ4n) is 3.86. The molecule has 1 saturated heterocycles. The Morgan fingerprint density at radius 1 is 1.13 bits per heavy atom. The average molecular weight is 418 g/mol. The topological polar surface area (TPSA) is 80.1 Å². The molecule has 0 unspecified atom stereocenters. The number of aromatic nitrogens is 3. The van der Waals surface area contributed by atoms with E-state index in [-0.39, 0.29) is 17.6 Å². The number of rotatable bonds is 6. The van der Waals surface area contributed by atoms with Gasteiger partial charge < -0.3 is 10.2 Å². The molecule has 7 heteroatoms. The summed E-state index contributed by atoms with van der Waals surface area (Å²) in [6.45, 7) is 7.23. The number of anilines is 1. The van der Waals surface area contributed by atoms with Gasteiger partial charge in [-0.25, -0.2) is 9.67 Å². The highest BCUT2D eigenvalue weighted by Gasteiger charge is 2.21. The summed E-state index contributed by atoms with van der Waals surface area (Å²) in [5.41, 5.74) is 3.94. The maximum atomic E-state index is 12.7. The zero-order chi connectivity index (χ0) is 22.0. The molecule has 0 radical (unpaired) electrons. The smallest absolute Gasteiger partial charge is 0.291 e. The Kier molecular flexibility index (Phi) is 5.84. The lowest BCUT2D eigenvalue weighted by Crippen LogP contribution is -2.25. The molecule has 1 aliphatic heterocycles. The Morgan fingerprint density at radius 3 is 2.55 bits per heavy atom. The van der Waals surface area contributed by atoms with Gasteiger partial charge in [-0.3, -0.25) is 9.59 Å². The van der Waals surface area contributed by atoms with Crippen molar-refractivity contribution in [3.8, 4) is 5.69 Å². The monoisotopic (exact) mass is 417 g/mol. The van der Waals surface area contributed by atoms with Crippen LogP contribution in [0.1, 0.15) is 60.2 Å². The first-order chi connectivity index (χ1) is 14.9. The Bertz CT molecular complexity index is 1100. The summed E-state index contributed by atoms with van der Waals surface area (Å²) in [4.78, 5) is 30.7. The number of para-hydroxylation sites is 1. The quantitative estimate of drug-likeness (QED) is 0.662. The minimum atomic E-state index is -0.317. The molecule has 1 N–H and O–H groups in total. The molecule has 7 nitrogen and oxygen atoms in total. The van der Waals surface area contributed by atoms with Crippen molar-refractivity contribution in [2.24, 2.45) is 0 Å². The third-order valence-electron chi connectivity index (χ3n) is 5.53. The number of benzene rings is 2. The van der Waals surface area contributed by atoms with E-state index in [4.69, 9.17) is 0 Å². The highest BCUT2D eigenvalue weighted by atomic mass is 16.2. The number of carbonyl (C=O) groups excluding carboxylic acids is 2. The standard InChI is InChI=1S/C24H27N5O2/c1-16(2)20-7-4-5-8-21(20)29-17(3)26-23(27-29)24(31)25-15-18-10-12-19(13-11-18)28-14-6-9-22(28)30/h4-5,7-8,10-13,16H,6,9,14-15H2,1-3H3,(H,25,31). The molecule has 0 bridgehead atoms. The first-order valence-corrected chi connectivity index (χ1v) is 10.6. The van der Waals surface area contributed by atoms with Gasteiger partial charge in [-0.05, 0) is 48.6 Å². The highest BCUT2D eigenvalue weighted by Crippen LogP contribution is 2.23. The number of hydrogen-bond donors (Lipinski definition) is 1. The fraction of sp³-hybridized carbons (Fsp3) is 0.333. The predicted octanol–water partition coefficient (Wildman–Crippen LogP) is 3.76. The molecular weight excluding hydrogens is 390 g/mol. The van der Waals surface area contributed by atoms with Crippen molar-refractivity contribution in [3.63, 3.8) is 0 Å². The first kappa shape index (κ1) is 20.8. The van der Waals surface area contributed by atoms with E-state index in [0.717, 1.165) is 35.5 Å². The first-order valence-electron chi connectivity index (χ1n) is 10.6. The van der Waals surface area contributed by atoms with Crippen LogP contribution in [0.15, 0.2) is 48.5 Å². The lowest BCUT2D eigenvalue weighted by Gasteiger charge is -2.16. The van der Waals surface area contributed by atoms with E-state index in [9.17, 15) is 9.59 Å². The Labute approximate surface area is 182 Å². The number of amides is 2. The number of hydrogen-bond acceptors (Lipinski definition) is 4. The summed E-state index contributed by atoms with van der Waals surface area (Å²) < 4.78 is 1.73. The maximum Gasteiger partial charge on any atom is 0.291 e. The Hall–Kier alpha value is -3.48. The number of nitrogens with one attached hydrogen (secondary N) is 1. The molecule has 2 heterocycles. The van der Waals surface area contributed by atoms with Gasteiger partial charge in [-0.1, -0.05) is 44.2 Å². The lowest BCUT2D eigenvalue weighted by molar-refractivity contribution is -0.117. The van der Waals surface area contributed by atoms with Gasteiger partial charge in [-0.15, -0.1) is 5.10 Å². The van der Waals surface area contributed by atoms with Crippen molar-refractivity contribution in [3.05, 3.63) is 71.3 Å². The van der Waals surface area contributed by atoms with Crippen LogP contribution in [0, 0.1) is 6.92 Å². The van der Waals surface area contributed by atoms with Crippen molar-refractivity contribution in [1.82, 2.24) is 20.1 Å². The van der Waals surface area contributed by atoms with Gasteiger partial charge in [0.2, 0.25) is 11.7 Å². The molecule has 0 saturated carbocycles. The molecule has 1 aliphatic rings. The summed E-state index contributed by atoms with van der Waals surface area (Å²) in [5, 5.41) is 7.34. The third kappa shape index (κ3) is 4.35. The van der Waals surface area contributed by atoms with E-state index in [1.54, 1.807) is 9.58 Å². The van der Waals surface area contributed by atoms with Gasteiger partial charge in [0, 0.05) is 25.2 Å². The molecule has 0 atom stereocenters. The van der Waals surface area contributed by atoms with E-state index >= 15 is 0 Å². The minimum Gasteiger partial charge on any atom is -0.345 e. The van der Waals surface area contributed by atoms with Crippen LogP contribution in [0.5, 0.6) is 0 Å². The van der Waals surface area contributed by atoms with Gasteiger partial charge in [0.1, 0.15) is 5.82 Å². The van der Waals surface area contributed by atoms with Crippen molar-refractivity contribution in [1.29, 1.82) is 0 Å². The van der Waals surface area contributed by atoms with E-state index < -0.39 is 0 Å². The summed E-state index contributed by atoms with van der Waals surface area (Å²) in [6, 6.07) is 15.7. The zero-order valence-corrected chi connectivity index (χ0v) is 18.1. The summed E-state index contributed by atoms with van der Waals surface area (Å²) in [5.74, 6) is 0.990. The molecule has 3 aromatic rings. The molecule has 0 spiro atoms. The molecular formula is C24H27N5O2. The molecule has 4 rings (SSSR count). The molecule has 1 fully saturated rings. The molecule has 1 aromatic heterocycles. The summed E-state index contributed by atoms with van der Waals surface area (Å²) >= 11 is 0. The van der Waals surface area contributed by atoms with Gasteiger partial charge in [0.05, 0.1) is 5.69 Å². The van der Waals surface area contributed by atoms with E-state index in [0.29, 0.717) is 24.7 Å². The molecule has 2 amide bonds. The average Bonchev–Trinajstić information content (AvgIpc) is 3.38. The Balaban J connectivity index is 1.44. The predicted molar refractivity (Wildman–Crippen MR) is 119 cm³/mol. The maximum absolute atomic E-state index is 12.7. The normalized spacial score (nSPS) is 13.8. The molecule has 160 valence electrons. The van der Waals surface area contributed by atoms with Crippen LogP contribution in [0.2, 0.25) is 0 Å². The van der Waals surface area contributed by atoms with Crippen LogP contribution in [-0.2, 0) is 11.3 Å². The van der Waals surface area contributed by atoms with E-state index in [2.05, 4.69) is 35.3 Å².